The quantitative estimate of drug-likeness (QED) is 0.724. The molecule has 4 heterocycles. The lowest BCUT2D eigenvalue weighted by Gasteiger charge is -2.11. The van der Waals surface area contributed by atoms with Crippen molar-refractivity contribution in [2.45, 2.75) is 20.1 Å². The predicted octanol–water partition coefficient (Wildman–Crippen LogP) is 2.95. The first-order chi connectivity index (χ1) is 13.5. The Morgan fingerprint density at radius 3 is 2.82 bits per heavy atom. The first-order valence-electron chi connectivity index (χ1n) is 8.29. The van der Waals surface area contributed by atoms with Gasteiger partial charge >= 0.3 is 6.61 Å². The van der Waals surface area contributed by atoms with E-state index in [4.69, 9.17) is 4.74 Å². The van der Waals surface area contributed by atoms with Crippen LogP contribution in [0.5, 0.6) is 11.6 Å². The third-order valence-electron chi connectivity index (χ3n) is 4.34. The van der Waals surface area contributed by atoms with Gasteiger partial charge in [-0.05, 0) is 24.6 Å². The average Bonchev–Trinajstić information content (AvgIpc) is 3.29. The van der Waals surface area contributed by atoms with Crippen LogP contribution in [0.15, 0.2) is 30.6 Å². The van der Waals surface area contributed by atoms with E-state index in [-0.39, 0.29) is 24.1 Å². The van der Waals surface area contributed by atoms with Gasteiger partial charge in [0.05, 0.1) is 30.6 Å². The SMILES string of the molecule is COc1ncc(-c2cc(C)c3c(n2)CN(c2cc[nH]n2)C3=O)cc1OC(F)F. The van der Waals surface area contributed by atoms with Gasteiger partial charge in [-0.15, -0.1) is 0 Å². The summed E-state index contributed by atoms with van der Waals surface area (Å²) < 4.78 is 34.8. The molecule has 0 saturated heterocycles. The zero-order valence-corrected chi connectivity index (χ0v) is 14.9. The topological polar surface area (TPSA) is 93.2 Å². The molecule has 0 spiro atoms. The fraction of sp³-hybridized carbons (Fsp3) is 0.222. The number of aryl methyl sites for hydroxylation is 1. The van der Waals surface area contributed by atoms with Crippen molar-refractivity contribution < 1.29 is 23.0 Å². The molecule has 144 valence electrons. The molecule has 1 aliphatic heterocycles. The van der Waals surface area contributed by atoms with Crippen molar-refractivity contribution in [2.75, 3.05) is 12.0 Å². The molecule has 0 unspecified atom stereocenters. The van der Waals surface area contributed by atoms with Crippen LogP contribution in [0, 0.1) is 6.92 Å². The van der Waals surface area contributed by atoms with Crippen LogP contribution in [0.3, 0.4) is 0 Å². The summed E-state index contributed by atoms with van der Waals surface area (Å²) in [5, 5.41) is 6.72. The smallest absolute Gasteiger partial charge is 0.387 e. The monoisotopic (exact) mass is 387 g/mol. The van der Waals surface area contributed by atoms with Crippen molar-refractivity contribution in [3.8, 4) is 22.9 Å². The van der Waals surface area contributed by atoms with E-state index in [9.17, 15) is 13.6 Å². The highest BCUT2D eigenvalue weighted by Crippen LogP contribution is 2.34. The van der Waals surface area contributed by atoms with Gasteiger partial charge in [0.15, 0.2) is 11.6 Å². The van der Waals surface area contributed by atoms with Gasteiger partial charge in [-0.1, -0.05) is 0 Å². The van der Waals surface area contributed by atoms with Crippen LogP contribution in [0.2, 0.25) is 0 Å². The minimum atomic E-state index is -3.01. The largest absolute Gasteiger partial charge is 0.478 e. The lowest BCUT2D eigenvalue weighted by atomic mass is 10.1. The van der Waals surface area contributed by atoms with Crippen molar-refractivity contribution in [1.29, 1.82) is 0 Å². The number of alkyl halides is 2. The molecule has 0 atom stereocenters. The summed E-state index contributed by atoms with van der Waals surface area (Å²) in [5.41, 5.74) is 2.76. The zero-order valence-electron chi connectivity index (χ0n) is 14.9. The summed E-state index contributed by atoms with van der Waals surface area (Å²) in [4.78, 5) is 22.8. The van der Waals surface area contributed by atoms with E-state index in [0.29, 0.717) is 28.3 Å². The number of H-pyrrole nitrogens is 1. The number of nitrogens with one attached hydrogen (secondary N) is 1. The van der Waals surface area contributed by atoms with Crippen LogP contribution >= 0.6 is 0 Å². The van der Waals surface area contributed by atoms with Gasteiger partial charge < -0.3 is 9.47 Å². The number of halogens is 2. The highest BCUT2D eigenvalue weighted by molar-refractivity contribution is 6.10. The van der Waals surface area contributed by atoms with Crippen LogP contribution in [-0.2, 0) is 6.54 Å². The molecule has 0 bridgehead atoms. The molecule has 10 heteroatoms. The van der Waals surface area contributed by atoms with Gasteiger partial charge in [0, 0.05) is 24.0 Å². The molecule has 0 saturated carbocycles. The number of nitrogens with zero attached hydrogens (tertiary/aromatic N) is 4. The number of carbonyl (C=O) groups is 1. The molecule has 1 amide bonds. The third-order valence-corrected chi connectivity index (χ3v) is 4.34. The molecular formula is C18H15F2N5O3. The van der Waals surface area contributed by atoms with Gasteiger partial charge in [0.1, 0.15) is 0 Å². The first-order valence-corrected chi connectivity index (χ1v) is 8.29. The van der Waals surface area contributed by atoms with Crippen molar-refractivity contribution >= 4 is 11.7 Å². The Bertz CT molecular complexity index is 1040. The molecule has 3 aromatic rings. The normalized spacial score (nSPS) is 13.2. The Morgan fingerprint density at radius 1 is 1.32 bits per heavy atom. The molecule has 0 fully saturated rings. The van der Waals surface area contributed by atoms with Crippen LogP contribution < -0.4 is 14.4 Å². The van der Waals surface area contributed by atoms with E-state index >= 15 is 0 Å². The second-order valence-corrected chi connectivity index (χ2v) is 6.08. The maximum absolute atomic E-state index is 12.7. The molecule has 0 aliphatic carbocycles. The summed E-state index contributed by atoms with van der Waals surface area (Å²) in [7, 11) is 1.31. The second kappa shape index (κ2) is 6.87. The maximum atomic E-state index is 12.7. The lowest BCUT2D eigenvalue weighted by Crippen LogP contribution is -2.23. The summed E-state index contributed by atoms with van der Waals surface area (Å²) in [6, 6.07) is 4.79. The van der Waals surface area contributed by atoms with Crippen LogP contribution in [0.25, 0.3) is 11.3 Å². The Balaban J connectivity index is 1.73. The van der Waals surface area contributed by atoms with E-state index in [2.05, 4.69) is 24.9 Å². The first kappa shape index (κ1) is 17.8. The molecule has 0 radical (unpaired) electrons. The van der Waals surface area contributed by atoms with Gasteiger partial charge in [-0.2, -0.15) is 13.9 Å². The highest BCUT2D eigenvalue weighted by Gasteiger charge is 2.33. The van der Waals surface area contributed by atoms with Gasteiger partial charge in [-0.3, -0.25) is 19.8 Å². The van der Waals surface area contributed by atoms with E-state index < -0.39 is 6.61 Å². The highest BCUT2D eigenvalue weighted by atomic mass is 19.3. The van der Waals surface area contributed by atoms with E-state index in [1.807, 2.05) is 0 Å². The zero-order chi connectivity index (χ0) is 19.8. The number of rotatable bonds is 5. The number of anilines is 1. The standard InChI is InChI=1S/C18H15F2N5O3/c1-9-5-11(10-6-13(28-18(19)20)16(27-2)21-7-10)23-12-8-25(17(26)15(9)12)14-3-4-22-24-14/h3-7,18H,8H2,1-2H3,(H,22,24). The number of fused-ring (bicyclic) bond motifs is 1. The average molecular weight is 387 g/mol. The Hall–Kier alpha value is -3.56. The Morgan fingerprint density at radius 2 is 2.14 bits per heavy atom. The van der Waals surface area contributed by atoms with E-state index in [1.165, 1.54) is 24.3 Å². The molecular weight excluding hydrogens is 372 g/mol. The van der Waals surface area contributed by atoms with Crippen LogP contribution in [-0.4, -0.2) is 39.8 Å². The minimum absolute atomic E-state index is 0.0539. The van der Waals surface area contributed by atoms with Crippen LogP contribution in [0.4, 0.5) is 14.6 Å². The number of methoxy groups -OCH3 is 1. The fourth-order valence-corrected chi connectivity index (χ4v) is 3.14. The number of pyridine rings is 2. The molecule has 8 nitrogen and oxygen atoms in total. The summed E-state index contributed by atoms with van der Waals surface area (Å²) in [6.07, 6.45) is 3.08. The van der Waals surface area contributed by atoms with Gasteiger partial charge in [0.2, 0.25) is 0 Å². The Labute approximate surface area is 158 Å². The number of carbonyl (C=O) groups excluding carboxylic acids is 1. The molecule has 28 heavy (non-hydrogen) atoms. The number of amides is 1. The van der Waals surface area contributed by atoms with Crippen molar-refractivity contribution in [3.05, 3.63) is 47.4 Å². The minimum Gasteiger partial charge on any atom is -0.478 e. The number of aromatic amines is 1. The number of aromatic nitrogens is 4. The summed E-state index contributed by atoms with van der Waals surface area (Å²) >= 11 is 0. The van der Waals surface area contributed by atoms with Crippen molar-refractivity contribution in [3.63, 3.8) is 0 Å². The second-order valence-electron chi connectivity index (χ2n) is 6.08. The summed E-state index contributed by atoms with van der Waals surface area (Å²) in [5.74, 6) is 0.0712. The third kappa shape index (κ3) is 3.02. The van der Waals surface area contributed by atoms with Gasteiger partial charge in [0.25, 0.3) is 11.8 Å². The fourth-order valence-electron chi connectivity index (χ4n) is 3.14. The molecule has 0 aromatic carbocycles. The Kier molecular flexibility index (Phi) is 4.38. The number of ether oxygens (including phenoxy) is 2. The van der Waals surface area contributed by atoms with Crippen LogP contribution in [0.1, 0.15) is 21.6 Å². The predicted molar refractivity (Wildman–Crippen MR) is 94.5 cm³/mol. The van der Waals surface area contributed by atoms with Crippen molar-refractivity contribution in [2.24, 2.45) is 0 Å². The molecule has 3 aromatic heterocycles. The molecule has 4 rings (SSSR count). The lowest BCUT2D eigenvalue weighted by molar-refractivity contribution is -0.0515. The summed E-state index contributed by atoms with van der Waals surface area (Å²) in [6.45, 7) is -0.957. The number of hydrogen-bond acceptors (Lipinski definition) is 6. The maximum Gasteiger partial charge on any atom is 0.387 e. The van der Waals surface area contributed by atoms with Gasteiger partial charge in [-0.25, -0.2) is 4.98 Å². The molecule has 1 N–H and O–H groups in total. The van der Waals surface area contributed by atoms with Crippen molar-refractivity contribution in [1.82, 2.24) is 20.2 Å². The number of hydrogen-bond donors (Lipinski definition) is 1. The molecule has 1 aliphatic rings. The van der Waals surface area contributed by atoms with E-state index in [0.717, 1.165) is 5.56 Å². The van der Waals surface area contributed by atoms with E-state index in [1.54, 1.807) is 25.3 Å².